The van der Waals surface area contributed by atoms with Crippen LogP contribution in [0, 0.1) is 23.7 Å². The summed E-state index contributed by atoms with van der Waals surface area (Å²) in [5.41, 5.74) is 4.98. The first-order chi connectivity index (χ1) is 8.75. The molecule has 0 bridgehead atoms. The van der Waals surface area contributed by atoms with Crippen molar-refractivity contribution >= 4 is 0 Å². The average molecular weight is 263 g/mol. The molecule has 0 heterocycles. The summed E-state index contributed by atoms with van der Waals surface area (Å²) in [6.07, 6.45) is 3.78. The van der Waals surface area contributed by atoms with Crippen molar-refractivity contribution in [1.29, 1.82) is 0 Å². The molecular formula is C18H33N. The van der Waals surface area contributed by atoms with Crippen molar-refractivity contribution in [2.24, 2.45) is 23.7 Å². The van der Waals surface area contributed by atoms with Gasteiger partial charge in [-0.25, -0.2) is 0 Å². The quantitative estimate of drug-likeness (QED) is 0.668. The van der Waals surface area contributed by atoms with E-state index in [1.165, 1.54) is 13.0 Å². The van der Waals surface area contributed by atoms with Crippen molar-refractivity contribution in [2.45, 2.75) is 48.0 Å². The molecule has 0 aromatic carbocycles. The third-order valence-electron chi connectivity index (χ3n) is 4.21. The molecule has 0 spiro atoms. The zero-order valence-electron chi connectivity index (χ0n) is 14.2. The van der Waals surface area contributed by atoms with Gasteiger partial charge in [0.25, 0.3) is 0 Å². The van der Waals surface area contributed by atoms with E-state index in [0.717, 1.165) is 0 Å². The molecule has 0 aromatic rings. The van der Waals surface area contributed by atoms with Crippen LogP contribution in [0.1, 0.15) is 48.0 Å². The minimum atomic E-state index is 0.649. The van der Waals surface area contributed by atoms with E-state index in [4.69, 9.17) is 0 Å². The van der Waals surface area contributed by atoms with E-state index in [2.05, 4.69) is 66.6 Å². The molecule has 1 nitrogen and oxygen atoms in total. The Hall–Kier alpha value is -0.560. The largest absolute Gasteiger partial charge is 0.309 e. The maximum absolute atomic E-state index is 2.52. The summed E-state index contributed by atoms with van der Waals surface area (Å²) in [6, 6.07) is 0. The lowest BCUT2D eigenvalue weighted by atomic mass is 9.80. The van der Waals surface area contributed by atoms with Crippen molar-refractivity contribution < 1.29 is 0 Å². The molecule has 1 atom stereocenters. The number of nitrogens with zero attached hydrogens (tertiary/aromatic N) is 1. The summed E-state index contributed by atoms with van der Waals surface area (Å²) < 4.78 is 0. The molecule has 0 saturated carbocycles. The Kier molecular flexibility index (Phi) is 5.85. The van der Waals surface area contributed by atoms with Gasteiger partial charge in [-0.2, -0.15) is 0 Å². The third-order valence-corrected chi connectivity index (χ3v) is 4.21. The van der Waals surface area contributed by atoms with E-state index >= 15 is 0 Å². The Bertz CT molecular complexity index is 356. The van der Waals surface area contributed by atoms with Gasteiger partial charge in [0, 0.05) is 5.92 Å². The predicted molar refractivity (Wildman–Crippen MR) is 86.3 cm³/mol. The zero-order chi connectivity index (χ0) is 14.7. The zero-order valence-corrected chi connectivity index (χ0v) is 14.2. The fourth-order valence-electron chi connectivity index (χ4n) is 3.26. The van der Waals surface area contributed by atoms with Crippen LogP contribution in [0.5, 0.6) is 0 Å². The van der Waals surface area contributed by atoms with Crippen molar-refractivity contribution in [3.05, 3.63) is 22.8 Å². The third kappa shape index (κ3) is 3.95. The predicted octanol–water partition coefficient (Wildman–Crippen LogP) is 4.76. The topological polar surface area (TPSA) is 3.24 Å². The molecule has 110 valence electrons. The summed E-state index contributed by atoms with van der Waals surface area (Å²) in [7, 11) is 4.35. The van der Waals surface area contributed by atoms with Gasteiger partial charge in [-0.05, 0) is 50.4 Å². The van der Waals surface area contributed by atoms with Crippen LogP contribution >= 0.6 is 0 Å². The lowest BCUT2D eigenvalue weighted by molar-refractivity contribution is 0.369. The smallest absolute Gasteiger partial charge is 0.00334 e. The minimum Gasteiger partial charge on any atom is -0.309 e. The van der Waals surface area contributed by atoms with E-state index in [1.54, 1.807) is 16.7 Å². The summed E-state index contributed by atoms with van der Waals surface area (Å²) >= 11 is 0. The van der Waals surface area contributed by atoms with Gasteiger partial charge >= 0.3 is 0 Å². The Balaban J connectivity index is 3.08. The Morgan fingerprint density at radius 3 is 1.89 bits per heavy atom. The highest BCUT2D eigenvalue weighted by Gasteiger charge is 2.31. The Morgan fingerprint density at radius 1 is 0.947 bits per heavy atom. The first-order valence-electron chi connectivity index (χ1n) is 7.85. The maximum atomic E-state index is 2.52. The van der Waals surface area contributed by atoms with Crippen LogP contribution in [0.4, 0.5) is 0 Å². The highest BCUT2D eigenvalue weighted by molar-refractivity contribution is 5.44. The fourth-order valence-corrected chi connectivity index (χ4v) is 3.26. The van der Waals surface area contributed by atoms with Gasteiger partial charge in [0.05, 0.1) is 0 Å². The molecule has 1 heteroatoms. The second kappa shape index (κ2) is 6.74. The molecule has 0 radical (unpaired) electrons. The number of allylic oxidation sites excluding steroid dienone is 4. The average Bonchev–Trinajstić information content (AvgIpc) is 2.65. The summed E-state index contributed by atoms with van der Waals surface area (Å²) in [5.74, 6) is 2.66. The number of rotatable bonds is 6. The van der Waals surface area contributed by atoms with Gasteiger partial charge in [-0.3, -0.25) is 0 Å². The van der Waals surface area contributed by atoms with Gasteiger partial charge < -0.3 is 4.90 Å². The van der Waals surface area contributed by atoms with Gasteiger partial charge in [0.15, 0.2) is 0 Å². The second-order valence-corrected chi connectivity index (χ2v) is 7.16. The Labute approximate surface area is 120 Å². The summed E-state index contributed by atoms with van der Waals surface area (Å²) in [6.45, 7) is 15.2. The van der Waals surface area contributed by atoms with Gasteiger partial charge in [-0.15, -0.1) is 0 Å². The van der Waals surface area contributed by atoms with Crippen LogP contribution in [0.3, 0.4) is 0 Å². The fraction of sp³-hybridized carbons (Fsp3) is 0.778. The van der Waals surface area contributed by atoms with Crippen LogP contribution in [-0.2, 0) is 0 Å². The van der Waals surface area contributed by atoms with Gasteiger partial charge in [-0.1, -0.05) is 58.8 Å². The molecule has 1 unspecified atom stereocenters. The molecule has 0 N–H and O–H groups in total. The lowest BCUT2D eigenvalue weighted by Crippen LogP contribution is -2.21. The highest BCUT2D eigenvalue weighted by atomic mass is 15.0. The molecule has 0 fully saturated rings. The van der Waals surface area contributed by atoms with Crippen LogP contribution < -0.4 is 0 Å². The molecule has 0 amide bonds. The summed E-state index contributed by atoms with van der Waals surface area (Å²) in [4.78, 5) is 2.31. The van der Waals surface area contributed by atoms with E-state index in [-0.39, 0.29) is 0 Å². The standard InChI is InChI=1S/C18H33N/c1-12(2)16-11-17(13(3)4)18(14(5)6)15(16)9-10-19(7)8/h11-15H,9-10H2,1-8H3. The van der Waals surface area contributed by atoms with Gasteiger partial charge in [0.1, 0.15) is 0 Å². The van der Waals surface area contributed by atoms with Crippen LogP contribution in [0.25, 0.3) is 0 Å². The van der Waals surface area contributed by atoms with E-state index < -0.39 is 0 Å². The van der Waals surface area contributed by atoms with Crippen molar-refractivity contribution in [3.63, 3.8) is 0 Å². The molecule has 1 rings (SSSR count). The minimum absolute atomic E-state index is 0.649. The van der Waals surface area contributed by atoms with Crippen molar-refractivity contribution in [2.75, 3.05) is 20.6 Å². The lowest BCUT2D eigenvalue weighted by Gasteiger charge is -2.26. The second-order valence-electron chi connectivity index (χ2n) is 7.16. The molecule has 0 saturated heterocycles. The number of hydrogen-bond donors (Lipinski definition) is 0. The van der Waals surface area contributed by atoms with E-state index in [9.17, 15) is 0 Å². The number of hydrogen-bond acceptors (Lipinski definition) is 1. The normalized spacial score (nSPS) is 20.4. The molecule has 1 aliphatic carbocycles. The molecule has 19 heavy (non-hydrogen) atoms. The first kappa shape index (κ1) is 16.5. The summed E-state index contributed by atoms with van der Waals surface area (Å²) in [5, 5.41) is 0. The molecule has 1 aliphatic rings. The van der Waals surface area contributed by atoms with E-state index in [1.807, 2.05) is 0 Å². The van der Waals surface area contributed by atoms with E-state index in [0.29, 0.717) is 23.7 Å². The van der Waals surface area contributed by atoms with Crippen LogP contribution in [0.2, 0.25) is 0 Å². The highest BCUT2D eigenvalue weighted by Crippen LogP contribution is 2.43. The monoisotopic (exact) mass is 263 g/mol. The van der Waals surface area contributed by atoms with Crippen molar-refractivity contribution in [1.82, 2.24) is 4.90 Å². The maximum Gasteiger partial charge on any atom is 0.00334 e. The van der Waals surface area contributed by atoms with Crippen LogP contribution in [-0.4, -0.2) is 25.5 Å². The molecule has 0 aromatic heterocycles. The Morgan fingerprint density at radius 2 is 1.53 bits per heavy atom. The molecule has 0 aliphatic heterocycles. The molecular weight excluding hydrogens is 230 g/mol. The first-order valence-corrected chi connectivity index (χ1v) is 7.85. The van der Waals surface area contributed by atoms with Crippen LogP contribution in [0.15, 0.2) is 22.8 Å². The van der Waals surface area contributed by atoms with Gasteiger partial charge in [0.2, 0.25) is 0 Å². The SMILES string of the molecule is CC(C)C1=CC(C(C)C)=C(C(C)C)C1CCN(C)C. The van der Waals surface area contributed by atoms with Crippen molar-refractivity contribution in [3.8, 4) is 0 Å².